The minimum atomic E-state index is -0.534. The van der Waals surface area contributed by atoms with E-state index in [0.29, 0.717) is 23.9 Å². The van der Waals surface area contributed by atoms with E-state index in [2.05, 4.69) is 38.2 Å². The van der Waals surface area contributed by atoms with E-state index in [0.717, 1.165) is 43.4 Å². The molecule has 1 N–H and O–H groups in total. The Hall–Kier alpha value is -0.370. The smallest absolute Gasteiger partial charge is 0.100 e. The molecule has 1 saturated heterocycles. The summed E-state index contributed by atoms with van der Waals surface area (Å²) >= 11 is 0. The number of hydrogen-bond donors (Lipinski definition) is 1. The molecular formula is C23H40FN. The zero-order valence-electron chi connectivity index (χ0n) is 16.7. The Kier molecular flexibility index (Phi) is 7.00. The van der Waals surface area contributed by atoms with E-state index in [4.69, 9.17) is 0 Å². The second-order valence-corrected chi connectivity index (χ2v) is 9.46. The first-order valence-corrected chi connectivity index (χ1v) is 11.1. The lowest BCUT2D eigenvalue weighted by molar-refractivity contribution is 0.0498. The van der Waals surface area contributed by atoms with E-state index in [1.807, 2.05) is 0 Å². The number of halogens is 1. The van der Waals surface area contributed by atoms with Crippen LogP contribution in [0.4, 0.5) is 4.39 Å². The van der Waals surface area contributed by atoms with E-state index in [-0.39, 0.29) is 0 Å². The largest absolute Gasteiger partial charge is 0.310 e. The van der Waals surface area contributed by atoms with Gasteiger partial charge in [0.1, 0.15) is 6.17 Å². The third kappa shape index (κ3) is 4.67. The van der Waals surface area contributed by atoms with Crippen LogP contribution in [-0.4, -0.2) is 18.3 Å². The summed E-state index contributed by atoms with van der Waals surface area (Å²) < 4.78 is 13.7. The van der Waals surface area contributed by atoms with Gasteiger partial charge in [-0.3, -0.25) is 0 Å². The average molecular weight is 350 g/mol. The molecule has 0 spiro atoms. The van der Waals surface area contributed by atoms with Crippen LogP contribution in [0.2, 0.25) is 0 Å². The van der Waals surface area contributed by atoms with Crippen molar-refractivity contribution in [3.05, 3.63) is 12.2 Å². The SMILES string of the molecule is C/C=C/C1C(C2CCC(F)CC2)CC(C2CCCCC2)NC1C(C)C. The van der Waals surface area contributed by atoms with E-state index in [9.17, 15) is 4.39 Å². The molecular weight excluding hydrogens is 309 g/mol. The Morgan fingerprint density at radius 1 is 0.920 bits per heavy atom. The molecule has 3 rings (SSSR count). The van der Waals surface area contributed by atoms with Crippen LogP contribution in [0.15, 0.2) is 12.2 Å². The first-order valence-electron chi connectivity index (χ1n) is 11.1. The van der Waals surface area contributed by atoms with Crippen LogP contribution >= 0.6 is 0 Å². The lowest BCUT2D eigenvalue weighted by Gasteiger charge is -2.50. The van der Waals surface area contributed by atoms with Crippen molar-refractivity contribution in [2.24, 2.45) is 29.6 Å². The lowest BCUT2D eigenvalue weighted by Crippen LogP contribution is -2.57. The van der Waals surface area contributed by atoms with Gasteiger partial charge in [-0.1, -0.05) is 45.3 Å². The quantitative estimate of drug-likeness (QED) is 0.588. The van der Waals surface area contributed by atoms with Crippen molar-refractivity contribution in [1.29, 1.82) is 0 Å². The van der Waals surface area contributed by atoms with E-state index in [1.54, 1.807) is 0 Å². The predicted molar refractivity (Wildman–Crippen MR) is 105 cm³/mol. The lowest BCUT2D eigenvalue weighted by atomic mass is 9.63. The molecule has 0 aromatic rings. The number of rotatable bonds is 4. The van der Waals surface area contributed by atoms with Gasteiger partial charge in [0.15, 0.2) is 0 Å². The number of piperidine rings is 1. The van der Waals surface area contributed by atoms with Crippen molar-refractivity contribution in [1.82, 2.24) is 5.32 Å². The van der Waals surface area contributed by atoms with Gasteiger partial charge in [-0.15, -0.1) is 0 Å². The van der Waals surface area contributed by atoms with Gasteiger partial charge in [0.25, 0.3) is 0 Å². The fraction of sp³-hybridized carbons (Fsp3) is 0.913. The Morgan fingerprint density at radius 2 is 1.60 bits per heavy atom. The Bertz CT molecular complexity index is 418. The number of hydrogen-bond acceptors (Lipinski definition) is 1. The first kappa shape index (κ1) is 19.4. The van der Waals surface area contributed by atoms with Gasteiger partial charge in [-0.2, -0.15) is 0 Å². The van der Waals surface area contributed by atoms with Gasteiger partial charge in [0, 0.05) is 12.1 Å². The summed E-state index contributed by atoms with van der Waals surface area (Å²) in [7, 11) is 0. The third-order valence-corrected chi connectivity index (χ3v) is 7.50. The van der Waals surface area contributed by atoms with Crippen LogP contribution in [0.5, 0.6) is 0 Å². The molecule has 2 heteroatoms. The molecule has 3 aliphatic rings. The molecule has 1 nitrogen and oxygen atoms in total. The van der Waals surface area contributed by atoms with Crippen molar-refractivity contribution in [2.45, 2.75) is 103 Å². The van der Waals surface area contributed by atoms with Gasteiger partial charge < -0.3 is 5.32 Å². The van der Waals surface area contributed by atoms with Gasteiger partial charge in [-0.05, 0) is 81.5 Å². The molecule has 0 amide bonds. The van der Waals surface area contributed by atoms with Crippen molar-refractivity contribution in [3.8, 4) is 0 Å². The van der Waals surface area contributed by atoms with Crippen molar-refractivity contribution in [2.75, 3.05) is 0 Å². The van der Waals surface area contributed by atoms with Crippen LogP contribution in [0.1, 0.15) is 85.0 Å². The third-order valence-electron chi connectivity index (χ3n) is 7.50. The fourth-order valence-electron chi connectivity index (χ4n) is 6.14. The number of alkyl halides is 1. The highest BCUT2D eigenvalue weighted by atomic mass is 19.1. The molecule has 3 fully saturated rings. The maximum Gasteiger partial charge on any atom is 0.100 e. The zero-order chi connectivity index (χ0) is 17.8. The van der Waals surface area contributed by atoms with Crippen LogP contribution in [-0.2, 0) is 0 Å². The van der Waals surface area contributed by atoms with Crippen molar-refractivity contribution in [3.63, 3.8) is 0 Å². The highest BCUT2D eigenvalue weighted by Crippen LogP contribution is 2.45. The molecule has 25 heavy (non-hydrogen) atoms. The molecule has 4 unspecified atom stereocenters. The van der Waals surface area contributed by atoms with Gasteiger partial charge in [0.05, 0.1) is 0 Å². The monoisotopic (exact) mass is 349 g/mol. The Balaban J connectivity index is 1.78. The second-order valence-electron chi connectivity index (χ2n) is 9.46. The molecule has 2 aliphatic carbocycles. The minimum Gasteiger partial charge on any atom is -0.310 e. The molecule has 4 atom stereocenters. The van der Waals surface area contributed by atoms with Gasteiger partial charge >= 0.3 is 0 Å². The normalized spacial score (nSPS) is 41.5. The van der Waals surface area contributed by atoms with Crippen molar-refractivity contribution >= 4 is 0 Å². The summed E-state index contributed by atoms with van der Waals surface area (Å²) in [4.78, 5) is 0. The maximum atomic E-state index is 13.7. The van der Waals surface area contributed by atoms with E-state index < -0.39 is 6.17 Å². The molecule has 2 saturated carbocycles. The molecule has 0 bridgehead atoms. The standard InChI is InChI=1S/C23H40FN/c1-4-8-20-21(17-11-13-19(24)14-12-17)15-22(25-23(20)16(2)3)18-9-6-5-7-10-18/h4,8,16-23,25H,5-7,9-15H2,1-3H3/b8-4+. The molecule has 0 aromatic heterocycles. The number of nitrogens with one attached hydrogen (secondary N) is 1. The zero-order valence-corrected chi connectivity index (χ0v) is 16.7. The highest BCUT2D eigenvalue weighted by Gasteiger charge is 2.43. The maximum absolute atomic E-state index is 13.7. The number of allylic oxidation sites excluding steroid dienone is 1. The van der Waals surface area contributed by atoms with Crippen LogP contribution in [0.3, 0.4) is 0 Å². The van der Waals surface area contributed by atoms with E-state index in [1.165, 1.54) is 38.5 Å². The van der Waals surface area contributed by atoms with E-state index >= 15 is 0 Å². The first-order chi connectivity index (χ1) is 12.1. The summed E-state index contributed by atoms with van der Waals surface area (Å²) in [6.07, 6.45) is 16.5. The topological polar surface area (TPSA) is 12.0 Å². The summed E-state index contributed by atoms with van der Waals surface area (Å²) in [5.41, 5.74) is 0. The Morgan fingerprint density at radius 3 is 2.20 bits per heavy atom. The Labute approximate surface area is 155 Å². The molecule has 0 radical (unpaired) electrons. The minimum absolute atomic E-state index is 0.534. The van der Waals surface area contributed by atoms with Gasteiger partial charge in [0.2, 0.25) is 0 Å². The van der Waals surface area contributed by atoms with Gasteiger partial charge in [-0.25, -0.2) is 4.39 Å². The predicted octanol–water partition coefficient (Wildman–Crippen LogP) is 6.29. The van der Waals surface area contributed by atoms with Crippen LogP contribution < -0.4 is 5.32 Å². The van der Waals surface area contributed by atoms with Crippen LogP contribution in [0, 0.1) is 29.6 Å². The summed E-state index contributed by atoms with van der Waals surface area (Å²) in [6.45, 7) is 6.93. The fourth-order valence-corrected chi connectivity index (χ4v) is 6.14. The molecule has 144 valence electrons. The summed E-state index contributed by atoms with van der Waals surface area (Å²) in [6, 6.07) is 1.28. The second kappa shape index (κ2) is 9.02. The molecule has 1 aliphatic heterocycles. The molecule has 1 heterocycles. The average Bonchev–Trinajstić information content (AvgIpc) is 2.63. The van der Waals surface area contributed by atoms with Crippen molar-refractivity contribution < 1.29 is 4.39 Å². The summed E-state index contributed by atoms with van der Waals surface area (Å²) in [5, 5.41) is 4.11. The summed E-state index contributed by atoms with van der Waals surface area (Å²) in [5.74, 6) is 3.66. The highest BCUT2D eigenvalue weighted by molar-refractivity contribution is 5.05. The van der Waals surface area contributed by atoms with Crippen LogP contribution in [0.25, 0.3) is 0 Å². The molecule has 0 aromatic carbocycles.